The Morgan fingerprint density at radius 1 is 1.17 bits per heavy atom. The molecule has 10 nitrogen and oxygen atoms in total. The van der Waals surface area contributed by atoms with Gasteiger partial charge in [0.1, 0.15) is 12.4 Å². The molecule has 1 fully saturated rings. The Morgan fingerprint density at radius 3 is 2.66 bits per heavy atom. The molecular formula is C24H29N5O5S. The highest BCUT2D eigenvalue weighted by Gasteiger charge is 2.21. The summed E-state index contributed by atoms with van der Waals surface area (Å²) in [4.78, 5) is 59.3. The number of aryl methyl sites for hydroxylation is 2. The van der Waals surface area contributed by atoms with Crippen molar-refractivity contribution < 1.29 is 14.3 Å². The van der Waals surface area contributed by atoms with Crippen molar-refractivity contribution in [3.63, 3.8) is 0 Å². The number of likely N-dealkylation sites (tertiary alicyclic amines) is 1. The lowest BCUT2D eigenvalue weighted by molar-refractivity contribution is -0.127. The third kappa shape index (κ3) is 5.34. The third-order valence-corrected chi connectivity index (χ3v) is 7.15. The number of aromatic nitrogens is 4. The summed E-state index contributed by atoms with van der Waals surface area (Å²) < 4.78 is 8.51. The van der Waals surface area contributed by atoms with Gasteiger partial charge in [-0.2, -0.15) is 0 Å². The fraction of sp³-hybridized carbons (Fsp3) is 0.458. The summed E-state index contributed by atoms with van der Waals surface area (Å²) in [5, 5.41) is 0. The van der Waals surface area contributed by atoms with E-state index < -0.39 is 17.2 Å². The molecule has 1 amide bonds. The number of esters is 1. The Kier molecular flexibility index (Phi) is 7.74. The topological polar surface area (TPSA) is 119 Å². The minimum Gasteiger partial charge on any atom is -0.454 e. The highest BCUT2D eigenvalue weighted by molar-refractivity contribution is 8.00. The van der Waals surface area contributed by atoms with Crippen LogP contribution in [0.3, 0.4) is 0 Å². The molecule has 1 N–H and O–H groups in total. The van der Waals surface area contributed by atoms with Crippen LogP contribution in [0, 0.1) is 0 Å². The van der Waals surface area contributed by atoms with E-state index in [4.69, 9.17) is 4.74 Å². The maximum atomic E-state index is 12.9. The first-order chi connectivity index (χ1) is 16.9. The van der Waals surface area contributed by atoms with E-state index in [9.17, 15) is 19.2 Å². The number of hydrogen-bond donors (Lipinski definition) is 1. The van der Waals surface area contributed by atoms with Gasteiger partial charge in [-0.25, -0.2) is 14.6 Å². The van der Waals surface area contributed by atoms with Gasteiger partial charge in [0.15, 0.2) is 11.2 Å². The lowest BCUT2D eigenvalue weighted by Crippen LogP contribution is -2.31. The number of H-pyrrole nitrogens is 1. The van der Waals surface area contributed by atoms with E-state index in [0.717, 1.165) is 38.8 Å². The van der Waals surface area contributed by atoms with Gasteiger partial charge in [-0.15, -0.1) is 11.8 Å². The van der Waals surface area contributed by atoms with Crippen molar-refractivity contribution in [2.75, 3.05) is 18.8 Å². The van der Waals surface area contributed by atoms with Crippen LogP contribution in [-0.2, 0) is 29.7 Å². The van der Waals surface area contributed by atoms with Gasteiger partial charge in [-0.05, 0) is 31.4 Å². The average Bonchev–Trinajstić information content (AvgIpc) is 3.50. The lowest BCUT2D eigenvalue weighted by Gasteiger charge is -2.15. The minimum absolute atomic E-state index is 0.0645. The van der Waals surface area contributed by atoms with Crippen LogP contribution in [0.2, 0.25) is 0 Å². The molecule has 1 aliphatic rings. The predicted molar refractivity (Wildman–Crippen MR) is 133 cm³/mol. The molecule has 35 heavy (non-hydrogen) atoms. The normalized spacial score (nSPS) is 13.5. The zero-order valence-electron chi connectivity index (χ0n) is 19.9. The van der Waals surface area contributed by atoms with Gasteiger partial charge in [0.2, 0.25) is 5.91 Å². The van der Waals surface area contributed by atoms with Crippen LogP contribution in [0.5, 0.6) is 0 Å². The molecule has 186 valence electrons. The average molecular weight is 500 g/mol. The number of benzene rings is 1. The summed E-state index contributed by atoms with van der Waals surface area (Å²) in [6.45, 7) is 3.85. The zero-order valence-corrected chi connectivity index (χ0v) is 20.7. The number of carbonyl (C=O) groups is 2. The molecule has 0 saturated carbocycles. The molecule has 3 heterocycles. The summed E-state index contributed by atoms with van der Waals surface area (Å²) in [6, 6.07) is 7.00. The Labute approximate surface area is 206 Å². The molecule has 1 aromatic carbocycles. The number of nitrogens with one attached hydrogen (secondary N) is 1. The number of rotatable bonds is 9. The van der Waals surface area contributed by atoms with Gasteiger partial charge in [0.05, 0.1) is 11.3 Å². The van der Waals surface area contributed by atoms with Crippen molar-refractivity contribution in [1.82, 2.24) is 24.0 Å². The molecule has 0 atom stereocenters. The standard InChI is InChI=1S/C24H29N5O5S/c1-3-4-13-29-21-20(22(31)26-24(29)33)27(2)18(25-21)14-34-23(32)16-9-5-6-10-17(16)35-15-19(30)28-11-7-8-12-28/h5-6,9-10H,3-4,7-8,11-15H2,1-2H3,(H,26,31,33). The lowest BCUT2D eigenvalue weighted by atomic mass is 10.2. The molecule has 2 aromatic heterocycles. The van der Waals surface area contributed by atoms with Crippen molar-refractivity contribution in [3.8, 4) is 0 Å². The van der Waals surface area contributed by atoms with Crippen LogP contribution in [0.1, 0.15) is 48.8 Å². The Morgan fingerprint density at radius 2 is 1.91 bits per heavy atom. The van der Waals surface area contributed by atoms with Crippen LogP contribution in [-0.4, -0.2) is 54.7 Å². The first-order valence-electron chi connectivity index (χ1n) is 11.8. The number of hydrogen-bond acceptors (Lipinski definition) is 7. The third-order valence-electron chi connectivity index (χ3n) is 6.09. The van der Waals surface area contributed by atoms with Gasteiger partial charge in [0.25, 0.3) is 5.56 Å². The predicted octanol–water partition coefficient (Wildman–Crippen LogP) is 2.29. The van der Waals surface area contributed by atoms with Crippen molar-refractivity contribution in [2.45, 2.75) is 50.7 Å². The molecular weight excluding hydrogens is 470 g/mol. The number of carbonyl (C=O) groups excluding carboxylic acids is 2. The van der Waals surface area contributed by atoms with Crippen LogP contribution in [0.4, 0.5) is 0 Å². The zero-order chi connectivity index (χ0) is 24.9. The Balaban J connectivity index is 1.50. The van der Waals surface area contributed by atoms with Gasteiger partial charge >= 0.3 is 11.7 Å². The summed E-state index contributed by atoms with van der Waals surface area (Å²) in [7, 11) is 1.65. The van der Waals surface area contributed by atoms with E-state index in [1.165, 1.54) is 16.3 Å². The summed E-state index contributed by atoms with van der Waals surface area (Å²) >= 11 is 1.32. The van der Waals surface area contributed by atoms with Crippen LogP contribution in [0.25, 0.3) is 11.2 Å². The van der Waals surface area contributed by atoms with Gasteiger partial charge in [-0.1, -0.05) is 25.5 Å². The SMILES string of the molecule is CCCCn1c(=O)[nH]c(=O)c2c1nc(COC(=O)c1ccccc1SCC(=O)N1CCCC1)n2C. The Bertz CT molecular complexity index is 1350. The van der Waals surface area contributed by atoms with Crippen LogP contribution >= 0.6 is 11.8 Å². The fourth-order valence-corrected chi connectivity index (χ4v) is 5.05. The molecule has 3 aromatic rings. The number of aromatic amines is 1. The largest absolute Gasteiger partial charge is 0.454 e. The number of thioether (sulfide) groups is 1. The molecule has 1 aliphatic heterocycles. The van der Waals surface area contributed by atoms with Crippen molar-refractivity contribution in [1.29, 1.82) is 0 Å². The van der Waals surface area contributed by atoms with Gasteiger partial charge in [0, 0.05) is 31.6 Å². The second-order valence-electron chi connectivity index (χ2n) is 8.47. The molecule has 0 spiro atoms. The van der Waals surface area contributed by atoms with Gasteiger partial charge < -0.3 is 14.2 Å². The second-order valence-corrected chi connectivity index (χ2v) is 9.49. The maximum absolute atomic E-state index is 12.9. The molecule has 0 bridgehead atoms. The molecule has 11 heteroatoms. The van der Waals surface area contributed by atoms with E-state index in [-0.39, 0.29) is 29.4 Å². The summed E-state index contributed by atoms with van der Waals surface area (Å²) in [6.07, 6.45) is 3.70. The first-order valence-corrected chi connectivity index (χ1v) is 12.7. The number of nitrogens with zero attached hydrogens (tertiary/aromatic N) is 4. The molecule has 1 saturated heterocycles. The minimum atomic E-state index is -0.550. The quantitative estimate of drug-likeness (QED) is 0.354. The maximum Gasteiger partial charge on any atom is 0.339 e. The summed E-state index contributed by atoms with van der Waals surface area (Å²) in [5.41, 5.74) is -0.148. The van der Waals surface area contributed by atoms with Crippen LogP contribution in [0.15, 0.2) is 38.8 Å². The summed E-state index contributed by atoms with van der Waals surface area (Å²) in [5.74, 6) is 0.123. The molecule has 0 radical (unpaired) electrons. The first kappa shape index (κ1) is 24.8. The van der Waals surface area contributed by atoms with Crippen molar-refractivity contribution in [2.24, 2.45) is 7.05 Å². The second kappa shape index (κ2) is 10.9. The number of amides is 1. The Hall–Kier alpha value is -3.34. The smallest absolute Gasteiger partial charge is 0.339 e. The molecule has 0 unspecified atom stereocenters. The van der Waals surface area contributed by atoms with E-state index in [2.05, 4.69) is 9.97 Å². The fourth-order valence-electron chi connectivity index (χ4n) is 4.11. The molecule has 4 rings (SSSR count). The van der Waals surface area contributed by atoms with Crippen molar-refractivity contribution >= 4 is 34.8 Å². The van der Waals surface area contributed by atoms with E-state index in [0.29, 0.717) is 22.8 Å². The monoisotopic (exact) mass is 499 g/mol. The van der Waals surface area contributed by atoms with E-state index in [1.54, 1.807) is 29.8 Å². The highest BCUT2D eigenvalue weighted by Crippen LogP contribution is 2.25. The van der Waals surface area contributed by atoms with E-state index >= 15 is 0 Å². The highest BCUT2D eigenvalue weighted by atomic mass is 32.2. The number of imidazole rings is 1. The number of ether oxygens (including phenoxy) is 1. The number of fused-ring (bicyclic) bond motifs is 1. The van der Waals surface area contributed by atoms with Crippen LogP contribution < -0.4 is 11.2 Å². The van der Waals surface area contributed by atoms with Gasteiger partial charge in [-0.3, -0.25) is 19.1 Å². The van der Waals surface area contributed by atoms with E-state index in [1.807, 2.05) is 17.9 Å². The number of unbranched alkanes of at least 4 members (excludes halogenated alkanes) is 1. The van der Waals surface area contributed by atoms with Crippen molar-refractivity contribution in [3.05, 3.63) is 56.5 Å². The molecule has 0 aliphatic carbocycles.